The first-order chi connectivity index (χ1) is 21.4. The summed E-state index contributed by atoms with van der Waals surface area (Å²) in [5.41, 5.74) is 1.65. The third-order valence-electron chi connectivity index (χ3n) is 8.05. The molecule has 3 aromatic carbocycles. The summed E-state index contributed by atoms with van der Waals surface area (Å²) in [6.45, 7) is 4.35. The molecule has 2 fully saturated rings. The van der Waals surface area contributed by atoms with Crippen LogP contribution in [0.15, 0.2) is 95.9 Å². The average molecular weight is 615 g/mol. The Morgan fingerprint density at radius 2 is 1.59 bits per heavy atom. The topological polar surface area (TPSA) is 120 Å². The van der Waals surface area contributed by atoms with Gasteiger partial charge in [0.05, 0.1) is 29.8 Å². The third-order valence-corrected chi connectivity index (χ3v) is 10.6. The molecule has 0 spiro atoms. The molecule has 2 aliphatic rings. The van der Waals surface area contributed by atoms with E-state index in [1.54, 1.807) is 78.9 Å². The van der Waals surface area contributed by atoms with Crippen molar-refractivity contribution in [3.05, 3.63) is 96.7 Å². The van der Waals surface area contributed by atoms with E-state index in [1.165, 1.54) is 0 Å². The quantitative estimate of drug-likeness (QED) is 0.289. The van der Waals surface area contributed by atoms with Crippen LogP contribution in [0.5, 0.6) is 5.75 Å². The van der Waals surface area contributed by atoms with Crippen molar-refractivity contribution < 1.29 is 27.4 Å². The van der Waals surface area contributed by atoms with Crippen LogP contribution in [-0.4, -0.2) is 63.5 Å². The number of para-hydroxylation sites is 1. The maximum Gasteiger partial charge on any atom is 0.417 e. The Labute approximate surface area is 256 Å². The molecule has 228 valence electrons. The van der Waals surface area contributed by atoms with Crippen LogP contribution in [-0.2, 0) is 24.1 Å². The molecular formula is C33H34N4O6S. The Morgan fingerprint density at radius 1 is 0.909 bits per heavy atom. The lowest BCUT2D eigenvalue weighted by atomic mass is 9.94. The fourth-order valence-electron chi connectivity index (χ4n) is 5.64. The number of aromatic nitrogens is 2. The number of sulfone groups is 1. The molecule has 0 unspecified atom stereocenters. The molecule has 44 heavy (non-hydrogen) atoms. The van der Waals surface area contributed by atoms with E-state index in [9.17, 15) is 13.2 Å². The molecule has 2 aliphatic heterocycles. The van der Waals surface area contributed by atoms with E-state index in [4.69, 9.17) is 24.2 Å². The van der Waals surface area contributed by atoms with Crippen molar-refractivity contribution in [2.45, 2.75) is 35.4 Å². The second kappa shape index (κ2) is 12.7. The van der Waals surface area contributed by atoms with Crippen LogP contribution in [0, 0.1) is 0 Å². The Balaban J connectivity index is 1.39. The number of carbonyl (C=O) groups is 1. The maximum atomic E-state index is 14.4. The smallest absolute Gasteiger partial charge is 0.410 e. The summed E-state index contributed by atoms with van der Waals surface area (Å²) in [6, 6.07) is 26.3. The fraction of sp³-hybridized carbons (Fsp3) is 0.303. The highest BCUT2D eigenvalue weighted by Gasteiger charge is 2.49. The van der Waals surface area contributed by atoms with E-state index in [0.29, 0.717) is 67.3 Å². The fourth-order valence-corrected chi connectivity index (χ4v) is 7.69. The number of hydrogen-bond donors (Lipinski definition) is 1. The van der Waals surface area contributed by atoms with Gasteiger partial charge in [0.2, 0.25) is 0 Å². The predicted molar refractivity (Wildman–Crippen MR) is 167 cm³/mol. The minimum absolute atomic E-state index is 0.0397. The first-order valence-electron chi connectivity index (χ1n) is 14.6. The second-order valence-electron chi connectivity index (χ2n) is 10.9. The van der Waals surface area contributed by atoms with E-state index in [-0.39, 0.29) is 23.8 Å². The number of amides is 1. The van der Waals surface area contributed by atoms with Crippen molar-refractivity contribution in [1.82, 2.24) is 9.97 Å². The number of nitrogens with zero attached hydrogens (tertiary/aromatic N) is 3. The highest BCUT2D eigenvalue weighted by molar-refractivity contribution is 7.92. The Hall–Kier alpha value is -4.32. The molecular weight excluding hydrogens is 580 g/mol. The molecule has 11 heteroatoms. The van der Waals surface area contributed by atoms with E-state index in [2.05, 4.69) is 17.1 Å². The molecule has 2 saturated heterocycles. The summed E-state index contributed by atoms with van der Waals surface area (Å²) in [7, 11) is -3.86. The molecule has 3 heterocycles. The molecule has 0 radical (unpaired) electrons. The van der Waals surface area contributed by atoms with Gasteiger partial charge in [-0.25, -0.2) is 23.2 Å². The monoisotopic (exact) mass is 614 g/mol. The van der Waals surface area contributed by atoms with Gasteiger partial charge in [0.15, 0.2) is 15.7 Å². The molecule has 0 aliphatic carbocycles. The summed E-state index contributed by atoms with van der Waals surface area (Å²) >= 11 is 0. The number of benzene rings is 3. The average Bonchev–Trinajstić information content (AvgIpc) is 3.06. The number of morpholine rings is 1. The second-order valence-corrected chi connectivity index (χ2v) is 13.1. The number of rotatable bonds is 7. The van der Waals surface area contributed by atoms with Gasteiger partial charge in [0.25, 0.3) is 0 Å². The zero-order valence-electron chi connectivity index (χ0n) is 24.4. The first kappa shape index (κ1) is 29.7. The molecule has 6 rings (SSSR count). The standard InChI is InChI=1S/C33H34N4O6S/c1-24-23-42-21-18-37(24)30-22-29(33(16-19-41-20-17-33)44(39,40)28-10-6-3-7-11-28)35-31(36-30)25-12-14-26(15-13-25)34-32(38)43-27-8-4-2-5-9-27/h2-15,22,24H,16-21,23H2,1H3,(H,34,38)/t24-/m0/s1. The van der Waals surface area contributed by atoms with E-state index < -0.39 is 20.7 Å². The van der Waals surface area contributed by atoms with Gasteiger partial charge in [-0.05, 0) is 68.3 Å². The van der Waals surface area contributed by atoms with Crippen LogP contribution in [0.4, 0.5) is 16.3 Å². The van der Waals surface area contributed by atoms with Gasteiger partial charge < -0.3 is 19.1 Å². The SMILES string of the molecule is C[C@H]1COCCN1c1cc(C2(S(=O)(=O)c3ccccc3)CCOCC2)nc(-c2ccc(NC(=O)Oc3ccccc3)cc2)n1. The van der Waals surface area contributed by atoms with Gasteiger partial charge in [0, 0.05) is 37.1 Å². The normalized spacial score (nSPS) is 18.4. The number of anilines is 2. The molecule has 10 nitrogen and oxygen atoms in total. The van der Waals surface area contributed by atoms with Crippen LogP contribution in [0.3, 0.4) is 0 Å². The van der Waals surface area contributed by atoms with Crippen molar-refractivity contribution in [2.75, 3.05) is 43.2 Å². The van der Waals surface area contributed by atoms with Crippen LogP contribution < -0.4 is 15.0 Å². The van der Waals surface area contributed by atoms with E-state index in [1.807, 2.05) is 12.1 Å². The third kappa shape index (κ3) is 6.03. The summed E-state index contributed by atoms with van der Waals surface area (Å²) in [6.07, 6.45) is -0.0746. The Kier molecular flexibility index (Phi) is 8.60. The lowest BCUT2D eigenvalue weighted by molar-refractivity contribution is 0.0729. The molecule has 1 aromatic heterocycles. The largest absolute Gasteiger partial charge is 0.417 e. The Bertz CT molecular complexity index is 1700. The molecule has 0 bridgehead atoms. The van der Waals surface area contributed by atoms with Gasteiger partial charge in [0.1, 0.15) is 16.3 Å². The van der Waals surface area contributed by atoms with Crippen molar-refractivity contribution in [2.24, 2.45) is 0 Å². The zero-order valence-corrected chi connectivity index (χ0v) is 25.2. The lowest BCUT2D eigenvalue weighted by Crippen LogP contribution is -2.45. The summed E-state index contributed by atoms with van der Waals surface area (Å²) in [5.74, 6) is 1.47. The van der Waals surface area contributed by atoms with E-state index in [0.717, 1.165) is 0 Å². The van der Waals surface area contributed by atoms with Gasteiger partial charge in [-0.1, -0.05) is 36.4 Å². The highest BCUT2D eigenvalue weighted by Crippen LogP contribution is 2.44. The molecule has 1 atom stereocenters. The van der Waals surface area contributed by atoms with Crippen molar-refractivity contribution in [3.8, 4) is 17.1 Å². The summed E-state index contributed by atoms with van der Waals surface area (Å²) < 4.78 is 44.1. The highest BCUT2D eigenvalue weighted by atomic mass is 32.2. The van der Waals surface area contributed by atoms with Gasteiger partial charge >= 0.3 is 6.09 Å². The predicted octanol–water partition coefficient (Wildman–Crippen LogP) is 5.46. The molecule has 1 N–H and O–H groups in total. The molecule has 0 saturated carbocycles. The summed E-state index contributed by atoms with van der Waals surface area (Å²) in [5, 5.41) is 2.73. The van der Waals surface area contributed by atoms with Crippen LogP contribution in [0.1, 0.15) is 25.5 Å². The van der Waals surface area contributed by atoms with Crippen LogP contribution >= 0.6 is 0 Å². The van der Waals surface area contributed by atoms with Gasteiger partial charge in [-0.15, -0.1) is 0 Å². The zero-order chi connectivity index (χ0) is 30.6. The minimum Gasteiger partial charge on any atom is -0.410 e. The first-order valence-corrected chi connectivity index (χ1v) is 16.1. The number of carbonyl (C=O) groups excluding carboxylic acids is 1. The van der Waals surface area contributed by atoms with E-state index >= 15 is 0 Å². The Morgan fingerprint density at radius 3 is 2.27 bits per heavy atom. The lowest BCUT2D eigenvalue weighted by Gasteiger charge is -2.38. The summed E-state index contributed by atoms with van der Waals surface area (Å²) in [4.78, 5) is 24.7. The number of hydrogen-bond acceptors (Lipinski definition) is 9. The van der Waals surface area contributed by atoms with Crippen molar-refractivity contribution >= 4 is 27.4 Å². The van der Waals surface area contributed by atoms with Gasteiger partial charge in [-0.3, -0.25) is 5.32 Å². The van der Waals surface area contributed by atoms with Crippen LogP contribution in [0.2, 0.25) is 0 Å². The number of ether oxygens (including phenoxy) is 3. The van der Waals surface area contributed by atoms with Crippen molar-refractivity contribution in [1.29, 1.82) is 0 Å². The maximum absolute atomic E-state index is 14.4. The van der Waals surface area contributed by atoms with Crippen LogP contribution in [0.25, 0.3) is 11.4 Å². The molecule has 4 aromatic rings. The molecule has 1 amide bonds. The van der Waals surface area contributed by atoms with Gasteiger partial charge in [-0.2, -0.15) is 0 Å². The van der Waals surface area contributed by atoms with Crippen molar-refractivity contribution in [3.63, 3.8) is 0 Å². The minimum atomic E-state index is -3.86. The number of nitrogens with one attached hydrogen (secondary N) is 1.